The van der Waals surface area contributed by atoms with Crippen molar-refractivity contribution in [3.8, 4) is 5.75 Å². The number of ether oxygens (including phenoxy) is 1. The van der Waals surface area contributed by atoms with E-state index in [0.717, 1.165) is 69.2 Å². The van der Waals surface area contributed by atoms with E-state index in [1.54, 1.807) is 0 Å². The molecule has 1 aromatic rings. The van der Waals surface area contributed by atoms with E-state index < -0.39 is 0 Å². The third kappa shape index (κ3) is 4.37. The minimum atomic E-state index is 0.151. The van der Waals surface area contributed by atoms with E-state index in [1.165, 1.54) is 24.3 Å². The Morgan fingerprint density at radius 3 is 2.46 bits per heavy atom. The molecule has 26 heavy (non-hydrogen) atoms. The van der Waals surface area contributed by atoms with Gasteiger partial charge in [-0.15, -0.1) is 0 Å². The van der Waals surface area contributed by atoms with E-state index in [0.29, 0.717) is 0 Å². The maximum atomic E-state index is 12.6. The standard InChI is InChI=1S/C21H30N2O2S/c24-21(23-10-1-2-11-23)17-4-3-5-20(16-17)25-19-6-12-22(13-7-19)18-8-14-26-15-9-18/h3-5,16,18-19H,1-2,6-15H2. The van der Waals surface area contributed by atoms with Gasteiger partial charge in [0, 0.05) is 37.8 Å². The van der Waals surface area contributed by atoms with Gasteiger partial charge in [-0.1, -0.05) is 6.07 Å². The lowest BCUT2D eigenvalue weighted by atomic mass is 10.0. The summed E-state index contributed by atoms with van der Waals surface area (Å²) in [5.41, 5.74) is 0.765. The van der Waals surface area contributed by atoms with Gasteiger partial charge in [-0.2, -0.15) is 11.8 Å². The third-order valence-electron chi connectivity index (χ3n) is 5.96. The normalized spacial score (nSPS) is 23.3. The fraction of sp³-hybridized carbons (Fsp3) is 0.667. The quantitative estimate of drug-likeness (QED) is 0.805. The number of likely N-dealkylation sites (tertiary alicyclic amines) is 2. The summed E-state index contributed by atoms with van der Waals surface area (Å²) in [6, 6.07) is 8.58. The number of nitrogens with zero attached hydrogens (tertiary/aromatic N) is 2. The Kier molecular flexibility index (Phi) is 6.05. The summed E-state index contributed by atoms with van der Waals surface area (Å²) in [5, 5.41) is 0. The molecule has 0 saturated carbocycles. The Hall–Kier alpha value is -1.20. The maximum absolute atomic E-state index is 12.6. The van der Waals surface area contributed by atoms with Gasteiger partial charge in [-0.05, 0) is 68.2 Å². The summed E-state index contributed by atoms with van der Waals surface area (Å²) >= 11 is 2.10. The molecular weight excluding hydrogens is 344 g/mol. The molecule has 0 unspecified atom stereocenters. The van der Waals surface area contributed by atoms with Crippen molar-refractivity contribution in [3.05, 3.63) is 29.8 Å². The first-order valence-electron chi connectivity index (χ1n) is 10.2. The largest absolute Gasteiger partial charge is 0.490 e. The van der Waals surface area contributed by atoms with Crippen molar-refractivity contribution >= 4 is 17.7 Å². The number of amides is 1. The molecule has 3 aliphatic rings. The highest BCUT2D eigenvalue weighted by molar-refractivity contribution is 7.99. The van der Waals surface area contributed by atoms with Crippen LogP contribution in [-0.4, -0.2) is 65.5 Å². The zero-order valence-corrected chi connectivity index (χ0v) is 16.4. The molecule has 4 nitrogen and oxygen atoms in total. The summed E-state index contributed by atoms with van der Waals surface area (Å²) in [4.78, 5) is 17.2. The molecule has 3 saturated heterocycles. The van der Waals surface area contributed by atoms with Crippen LogP contribution in [0.4, 0.5) is 0 Å². The van der Waals surface area contributed by atoms with Gasteiger partial charge < -0.3 is 14.5 Å². The van der Waals surface area contributed by atoms with Crippen molar-refractivity contribution in [1.82, 2.24) is 9.80 Å². The molecular formula is C21H30N2O2S. The van der Waals surface area contributed by atoms with Crippen LogP contribution >= 0.6 is 11.8 Å². The zero-order chi connectivity index (χ0) is 17.8. The highest BCUT2D eigenvalue weighted by Crippen LogP contribution is 2.26. The zero-order valence-electron chi connectivity index (χ0n) is 15.6. The lowest BCUT2D eigenvalue weighted by Gasteiger charge is -2.39. The van der Waals surface area contributed by atoms with Crippen molar-refractivity contribution in [2.24, 2.45) is 0 Å². The molecule has 0 aromatic heterocycles. The second-order valence-electron chi connectivity index (χ2n) is 7.72. The number of thioether (sulfide) groups is 1. The predicted octanol–water partition coefficient (Wildman–Crippen LogP) is 3.66. The lowest BCUT2D eigenvalue weighted by Crippen LogP contribution is -2.45. The van der Waals surface area contributed by atoms with Crippen molar-refractivity contribution in [2.45, 2.75) is 50.7 Å². The van der Waals surface area contributed by atoms with E-state index in [2.05, 4.69) is 16.7 Å². The minimum Gasteiger partial charge on any atom is -0.490 e. The Labute approximate surface area is 161 Å². The second kappa shape index (κ2) is 8.66. The molecule has 0 atom stereocenters. The molecule has 3 heterocycles. The monoisotopic (exact) mass is 374 g/mol. The number of hydrogen-bond acceptors (Lipinski definition) is 4. The fourth-order valence-electron chi connectivity index (χ4n) is 4.41. The highest BCUT2D eigenvalue weighted by atomic mass is 32.2. The smallest absolute Gasteiger partial charge is 0.253 e. The Bertz CT molecular complexity index is 604. The number of hydrogen-bond donors (Lipinski definition) is 0. The molecule has 0 bridgehead atoms. The van der Waals surface area contributed by atoms with Gasteiger partial charge in [-0.25, -0.2) is 0 Å². The lowest BCUT2D eigenvalue weighted by molar-refractivity contribution is 0.0719. The molecule has 3 fully saturated rings. The van der Waals surface area contributed by atoms with Crippen LogP contribution in [0.3, 0.4) is 0 Å². The van der Waals surface area contributed by atoms with Gasteiger partial charge in [0.1, 0.15) is 11.9 Å². The van der Waals surface area contributed by atoms with E-state index in [-0.39, 0.29) is 12.0 Å². The SMILES string of the molecule is O=C(c1cccc(OC2CCN(C3CCSCC3)CC2)c1)N1CCCC1. The first kappa shape index (κ1) is 18.2. The summed E-state index contributed by atoms with van der Waals surface area (Å²) in [6.45, 7) is 4.07. The van der Waals surface area contributed by atoms with Gasteiger partial charge in [0.2, 0.25) is 0 Å². The molecule has 0 radical (unpaired) electrons. The Morgan fingerprint density at radius 1 is 1.00 bits per heavy atom. The van der Waals surface area contributed by atoms with E-state index in [9.17, 15) is 4.79 Å². The summed E-state index contributed by atoms with van der Waals surface area (Å²) in [6.07, 6.45) is 7.40. The van der Waals surface area contributed by atoms with E-state index in [1.807, 2.05) is 29.2 Å². The summed E-state index contributed by atoms with van der Waals surface area (Å²) in [5.74, 6) is 3.64. The molecule has 0 aliphatic carbocycles. The molecule has 4 rings (SSSR count). The fourth-order valence-corrected chi connectivity index (χ4v) is 5.49. The first-order valence-corrected chi connectivity index (χ1v) is 11.3. The molecule has 0 N–H and O–H groups in total. The van der Waals surface area contributed by atoms with E-state index in [4.69, 9.17) is 4.74 Å². The molecule has 1 aromatic carbocycles. The van der Waals surface area contributed by atoms with Gasteiger partial charge in [0.05, 0.1) is 0 Å². The van der Waals surface area contributed by atoms with Crippen molar-refractivity contribution in [2.75, 3.05) is 37.7 Å². The number of piperidine rings is 1. The molecule has 3 aliphatic heterocycles. The second-order valence-corrected chi connectivity index (χ2v) is 8.95. The van der Waals surface area contributed by atoms with Gasteiger partial charge in [-0.3, -0.25) is 4.79 Å². The van der Waals surface area contributed by atoms with Crippen molar-refractivity contribution < 1.29 is 9.53 Å². The predicted molar refractivity (Wildman–Crippen MR) is 107 cm³/mol. The van der Waals surface area contributed by atoms with Crippen LogP contribution in [0, 0.1) is 0 Å². The number of rotatable bonds is 4. The topological polar surface area (TPSA) is 32.8 Å². The van der Waals surface area contributed by atoms with Crippen LogP contribution < -0.4 is 4.74 Å². The average Bonchev–Trinajstić information content (AvgIpc) is 3.24. The maximum Gasteiger partial charge on any atom is 0.253 e. The van der Waals surface area contributed by atoms with Gasteiger partial charge >= 0.3 is 0 Å². The number of benzene rings is 1. The van der Waals surface area contributed by atoms with Gasteiger partial charge in [0.15, 0.2) is 0 Å². The molecule has 0 spiro atoms. The van der Waals surface area contributed by atoms with E-state index >= 15 is 0 Å². The number of carbonyl (C=O) groups is 1. The Morgan fingerprint density at radius 2 is 1.73 bits per heavy atom. The summed E-state index contributed by atoms with van der Waals surface area (Å²) < 4.78 is 6.24. The van der Waals surface area contributed by atoms with Crippen molar-refractivity contribution in [3.63, 3.8) is 0 Å². The molecule has 5 heteroatoms. The highest BCUT2D eigenvalue weighted by Gasteiger charge is 2.27. The van der Waals surface area contributed by atoms with Crippen LogP contribution in [0.15, 0.2) is 24.3 Å². The molecule has 1 amide bonds. The summed E-state index contributed by atoms with van der Waals surface area (Å²) in [7, 11) is 0. The molecule has 142 valence electrons. The first-order chi connectivity index (χ1) is 12.8. The van der Waals surface area contributed by atoms with Crippen LogP contribution in [0.25, 0.3) is 0 Å². The average molecular weight is 375 g/mol. The van der Waals surface area contributed by atoms with Crippen LogP contribution in [0.2, 0.25) is 0 Å². The minimum absolute atomic E-state index is 0.151. The van der Waals surface area contributed by atoms with Crippen LogP contribution in [0.5, 0.6) is 5.75 Å². The number of carbonyl (C=O) groups excluding carboxylic acids is 1. The van der Waals surface area contributed by atoms with Crippen molar-refractivity contribution in [1.29, 1.82) is 0 Å². The van der Waals surface area contributed by atoms with Gasteiger partial charge in [0.25, 0.3) is 5.91 Å². The Balaban J connectivity index is 1.30. The third-order valence-corrected chi connectivity index (χ3v) is 7.01. The van der Waals surface area contributed by atoms with Crippen LogP contribution in [0.1, 0.15) is 48.9 Å². The van der Waals surface area contributed by atoms with Crippen LogP contribution in [-0.2, 0) is 0 Å².